The molecule has 0 unspecified atom stereocenters. The molecule has 0 spiro atoms. The van der Waals surface area contributed by atoms with E-state index >= 15 is 0 Å². The summed E-state index contributed by atoms with van der Waals surface area (Å²) in [7, 11) is 0. The van der Waals surface area contributed by atoms with Crippen molar-refractivity contribution in [2.45, 2.75) is 12.5 Å². The van der Waals surface area contributed by atoms with Crippen molar-refractivity contribution >= 4 is 28.2 Å². The lowest BCUT2D eigenvalue weighted by molar-refractivity contribution is -0.137. The second-order valence-electron chi connectivity index (χ2n) is 7.05. The fourth-order valence-corrected chi connectivity index (χ4v) is 4.47. The minimum absolute atomic E-state index is 0.146. The normalized spacial score (nSPS) is 11.0. The Morgan fingerprint density at radius 3 is 1.75 bits per heavy atom. The fourth-order valence-electron chi connectivity index (χ4n) is 3.68. The molecule has 0 aliphatic carbocycles. The average molecular weight is 443 g/mol. The van der Waals surface area contributed by atoms with Crippen LogP contribution in [0.3, 0.4) is 0 Å². The molecule has 0 saturated carbocycles. The minimum Gasteiger partial charge on any atom is -0.460 e. The lowest BCUT2D eigenvalue weighted by atomic mass is 9.77. The first-order chi connectivity index (χ1) is 15.6. The summed E-state index contributed by atoms with van der Waals surface area (Å²) in [5.74, 6) is -1.56. The Morgan fingerprint density at radius 2 is 1.31 bits per heavy atom. The molecule has 1 N–H and O–H groups in total. The number of anilines is 1. The molecule has 0 aliphatic rings. The van der Waals surface area contributed by atoms with Gasteiger partial charge in [-0.1, -0.05) is 102 Å². The summed E-state index contributed by atoms with van der Waals surface area (Å²) in [6.45, 7) is 1.81. The predicted molar refractivity (Wildman–Crippen MR) is 126 cm³/mol. The van der Waals surface area contributed by atoms with Gasteiger partial charge in [0.25, 0.3) is 5.78 Å². The zero-order valence-electron chi connectivity index (χ0n) is 17.5. The van der Waals surface area contributed by atoms with Crippen molar-refractivity contribution < 1.29 is 14.3 Å². The van der Waals surface area contributed by atoms with E-state index in [4.69, 9.17) is 4.74 Å². The van der Waals surface area contributed by atoms with E-state index in [9.17, 15) is 9.59 Å². The summed E-state index contributed by atoms with van der Waals surface area (Å²) >= 11 is 1.13. The molecule has 0 fully saturated rings. The zero-order chi connectivity index (χ0) is 22.4. The Balaban J connectivity index is 1.84. The van der Waals surface area contributed by atoms with Crippen LogP contribution in [0, 0.1) is 0 Å². The quantitative estimate of drug-likeness (QED) is 0.174. The molecule has 32 heavy (non-hydrogen) atoms. The number of benzene rings is 3. The summed E-state index contributed by atoms with van der Waals surface area (Å²) in [4.78, 5) is 28.9. The van der Waals surface area contributed by atoms with E-state index in [1.807, 2.05) is 54.6 Å². The van der Waals surface area contributed by atoms with Gasteiger partial charge in [0.05, 0.1) is 12.8 Å². The standard InChI is InChI=1S/C26H22N2O3S/c1-2-31-24(30)23(29)22-18-27-25(32-22)28-26(19-12-6-3-7-13-19,20-14-8-4-9-15-20)21-16-10-5-11-17-21/h3-18H,2H2,1H3,(H,27,28). The summed E-state index contributed by atoms with van der Waals surface area (Å²) in [5, 5.41) is 4.11. The van der Waals surface area contributed by atoms with Crippen LogP contribution in [0.4, 0.5) is 5.13 Å². The van der Waals surface area contributed by atoms with Gasteiger partial charge in [-0.05, 0) is 23.6 Å². The SMILES string of the molecule is CCOC(=O)C(=O)c1cnc(NC(c2ccccc2)(c2ccccc2)c2ccccc2)s1. The van der Waals surface area contributed by atoms with Crippen molar-refractivity contribution in [3.8, 4) is 0 Å². The highest BCUT2D eigenvalue weighted by atomic mass is 32.1. The Hall–Kier alpha value is -3.77. The number of carbonyl (C=O) groups excluding carboxylic acids is 2. The molecule has 1 aromatic heterocycles. The summed E-state index contributed by atoms with van der Waals surface area (Å²) in [6, 6.07) is 30.3. The lowest BCUT2D eigenvalue weighted by Crippen LogP contribution is -2.38. The third-order valence-electron chi connectivity index (χ3n) is 5.11. The van der Waals surface area contributed by atoms with Crippen LogP contribution in [0.1, 0.15) is 33.3 Å². The molecule has 0 aliphatic heterocycles. The van der Waals surface area contributed by atoms with Gasteiger partial charge in [0.15, 0.2) is 5.13 Å². The van der Waals surface area contributed by atoms with Gasteiger partial charge in [0, 0.05) is 0 Å². The molecule has 0 saturated heterocycles. The number of aromatic nitrogens is 1. The number of ether oxygens (including phenoxy) is 1. The first kappa shape index (κ1) is 21.5. The van der Waals surface area contributed by atoms with E-state index in [1.165, 1.54) is 6.20 Å². The average Bonchev–Trinajstić information content (AvgIpc) is 3.32. The van der Waals surface area contributed by atoms with Gasteiger partial charge < -0.3 is 10.1 Å². The number of esters is 1. The van der Waals surface area contributed by atoms with Crippen LogP contribution < -0.4 is 5.32 Å². The molecular formula is C26H22N2O3S. The summed E-state index contributed by atoms with van der Waals surface area (Å²) in [6.07, 6.45) is 1.41. The molecule has 0 bridgehead atoms. The number of rotatable bonds is 8. The number of hydrogen-bond donors (Lipinski definition) is 1. The van der Waals surface area contributed by atoms with Crippen molar-refractivity contribution in [1.82, 2.24) is 4.98 Å². The predicted octanol–water partition coefficient (Wildman–Crippen LogP) is 5.29. The molecule has 1 heterocycles. The van der Waals surface area contributed by atoms with Crippen molar-refractivity contribution in [3.05, 3.63) is 119 Å². The van der Waals surface area contributed by atoms with E-state index in [0.29, 0.717) is 5.13 Å². The number of nitrogens with zero attached hydrogens (tertiary/aromatic N) is 1. The number of nitrogens with one attached hydrogen (secondary N) is 1. The van der Waals surface area contributed by atoms with Crippen molar-refractivity contribution in [2.24, 2.45) is 0 Å². The van der Waals surface area contributed by atoms with Crippen molar-refractivity contribution in [3.63, 3.8) is 0 Å². The number of hydrogen-bond acceptors (Lipinski definition) is 6. The largest absolute Gasteiger partial charge is 0.460 e. The molecule has 3 aromatic carbocycles. The van der Waals surface area contributed by atoms with E-state index in [1.54, 1.807) is 6.92 Å². The zero-order valence-corrected chi connectivity index (χ0v) is 18.3. The number of thiazole rings is 1. The maximum atomic E-state index is 12.4. The highest BCUT2D eigenvalue weighted by molar-refractivity contribution is 7.18. The van der Waals surface area contributed by atoms with Crippen LogP contribution in [0.25, 0.3) is 0 Å². The van der Waals surface area contributed by atoms with Gasteiger partial charge in [-0.15, -0.1) is 0 Å². The third kappa shape index (κ3) is 4.18. The maximum Gasteiger partial charge on any atom is 0.380 e. The minimum atomic E-state index is -0.872. The van der Waals surface area contributed by atoms with Gasteiger partial charge in [-0.2, -0.15) is 0 Å². The Kier molecular flexibility index (Phi) is 6.42. The monoisotopic (exact) mass is 442 g/mol. The second-order valence-corrected chi connectivity index (χ2v) is 8.08. The van der Waals surface area contributed by atoms with Crippen LogP contribution in [0.15, 0.2) is 97.2 Å². The topological polar surface area (TPSA) is 68.3 Å². The number of ketones is 1. The van der Waals surface area contributed by atoms with Gasteiger partial charge in [-0.25, -0.2) is 9.78 Å². The van der Waals surface area contributed by atoms with Crippen LogP contribution in [-0.2, 0) is 15.1 Å². The smallest absolute Gasteiger partial charge is 0.380 e. The Bertz CT molecular complexity index is 1090. The lowest BCUT2D eigenvalue weighted by Gasteiger charge is -2.36. The summed E-state index contributed by atoms with van der Waals surface area (Å²) < 4.78 is 4.85. The number of carbonyl (C=O) groups is 2. The second kappa shape index (κ2) is 9.58. The molecule has 0 radical (unpaired) electrons. The highest BCUT2D eigenvalue weighted by Gasteiger charge is 2.37. The van der Waals surface area contributed by atoms with Crippen molar-refractivity contribution in [1.29, 1.82) is 0 Å². The van der Waals surface area contributed by atoms with Crippen LogP contribution in [-0.4, -0.2) is 23.3 Å². The first-order valence-corrected chi connectivity index (χ1v) is 11.1. The van der Waals surface area contributed by atoms with Crippen LogP contribution in [0.5, 0.6) is 0 Å². The highest BCUT2D eigenvalue weighted by Crippen LogP contribution is 2.40. The molecule has 4 rings (SSSR count). The molecule has 0 atom stereocenters. The summed E-state index contributed by atoms with van der Waals surface area (Å²) in [5.41, 5.74) is 2.30. The van der Waals surface area contributed by atoms with Gasteiger partial charge in [-0.3, -0.25) is 4.79 Å². The van der Waals surface area contributed by atoms with Crippen LogP contribution in [0.2, 0.25) is 0 Å². The number of Topliss-reactive ketones (excluding diaryl/α,β-unsaturated/α-hetero) is 1. The van der Waals surface area contributed by atoms with E-state index in [2.05, 4.69) is 46.7 Å². The van der Waals surface area contributed by atoms with Crippen molar-refractivity contribution in [2.75, 3.05) is 11.9 Å². The van der Waals surface area contributed by atoms with E-state index in [-0.39, 0.29) is 11.5 Å². The molecule has 4 aromatic rings. The molecule has 160 valence electrons. The third-order valence-corrected chi connectivity index (χ3v) is 6.02. The van der Waals surface area contributed by atoms with E-state index in [0.717, 1.165) is 28.0 Å². The Labute approximate surface area is 190 Å². The molecular weight excluding hydrogens is 420 g/mol. The van der Waals surface area contributed by atoms with E-state index < -0.39 is 17.3 Å². The first-order valence-electron chi connectivity index (χ1n) is 10.3. The van der Waals surface area contributed by atoms with Gasteiger partial charge in [0.2, 0.25) is 0 Å². The van der Waals surface area contributed by atoms with Gasteiger partial charge in [0.1, 0.15) is 10.4 Å². The Morgan fingerprint density at radius 1 is 0.844 bits per heavy atom. The van der Waals surface area contributed by atoms with Crippen LogP contribution >= 0.6 is 11.3 Å². The molecule has 0 amide bonds. The maximum absolute atomic E-state index is 12.4. The molecule has 5 nitrogen and oxygen atoms in total. The molecule has 6 heteroatoms. The van der Waals surface area contributed by atoms with Gasteiger partial charge >= 0.3 is 5.97 Å². The fraction of sp³-hybridized carbons (Fsp3) is 0.115.